The van der Waals surface area contributed by atoms with Crippen molar-refractivity contribution in [2.45, 2.75) is 26.8 Å². The molecule has 7 heteroatoms. The molecule has 158 valence electrons. The molecular formula is C23H26N2O5. The number of hydrogen-bond acceptors (Lipinski definition) is 5. The number of nitrogens with zero attached hydrogens (tertiary/aromatic N) is 1. The van der Waals surface area contributed by atoms with Gasteiger partial charge in [0.05, 0.1) is 25.5 Å². The molecule has 30 heavy (non-hydrogen) atoms. The number of rotatable bonds is 9. The van der Waals surface area contributed by atoms with Crippen molar-refractivity contribution < 1.29 is 23.5 Å². The Morgan fingerprint density at radius 2 is 1.90 bits per heavy atom. The molecule has 3 rings (SSSR count). The normalized spacial score (nSPS) is 10.6. The molecule has 0 radical (unpaired) electrons. The van der Waals surface area contributed by atoms with Crippen LogP contribution in [0, 0.1) is 13.8 Å². The van der Waals surface area contributed by atoms with Crippen LogP contribution in [0.5, 0.6) is 5.75 Å². The number of furan rings is 1. The van der Waals surface area contributed by atoms with Crippen molar-refractivity contribution in [2.75, 3.05) is 20.3 Å². The van der Waals surface area contributed by atoms with Crippen molar-refractivity contribution in [1.29, 1.82) is 0 Å². The lowest BCUT2D eigenvalue weighted by molar-refractivity contribution is -0.124. The molecule has 0 saturated heterocycles. The predicted molar refractivity (Wildman–Crippen MR) is 112 cm³/mol. The zero-order valence-electron chi connectivity index (χ0n) is 17.4. The number of aryl methyl sites for hydroxylation is 1. The molecule has 0 aliphatic carbocycles. The molecule has 1 amide bonds. The Labute approximate surface area is 175 Å². The maximum Gasteiger partial charge on any atom is 0.340 e. The van der Waals surface area contributed by atoms with Crippen LogP contribution in [0.4, 0.5) is 0 Å². The lowest BCUT2D eigenvalue weighted by Crippen LogP contribution is -2.30. The number of methoxy groups -OCH3 is 1. The van der Waals surface area contributed by atoms with Gasteiger partial charge in [0.1, 0.15) is 11.5 Å². The topological polar surface area (TPSA) is 82.7 Å². The van der Waals surface area contributed by atoms with Gasteiger partial charge in [0, 0.05) is 17.9 Å². The van der Waals surface area contributed by atoms with Crippen LogP contribution in [0.2, 0.25) is 0 Å². The third-order valence-electron chi connectivity index (χ3n) is 4.92. The molecule has 0 atom stereocenters. The first-order valence-corrected chi connectivity index (χ1v) is 9.73. The van der Waals surface area contributed by atoms with E-state index in [-0.39, 0.29) is 12.5 Å². The minimum Gasteiger partial charge on any atom is -0.497 e. The summed E-state index contributed by atoms with van der Waals surface area (Å²) in [6.45, 7) is 4.44. The third-order valence-corrected chi connectivity index (χ3v) is 4.92. The number of nitrogens with one attached hydrogen (secondary N) is 1. The molecule has 1 aromatic carbocycles. The van der Waals surface area contributed by atoms with E-state index in [2.05, 4.69) is 5.32 Å². The van der Waals surface area contributed by atoms with E-state index in [0.717, 1.165) is 28.5 Å². The number of carbonyl (C=O) groups is 2. The predicted octanol–water partition coefficient (Wildman–Crippen LogP) is 3.27. The highest BCUT2D eigenvalue weighted by molar-refractivity contribution is 5.92. The van der Waals surface area contributed by atoms with Gasteiger partial charge in [-0.2, -0.15) is 0 Å². The Hall–Kier alpha value is -3.48. The number of benzene rings is 1. The van der Waals surface area contributed by atoms with Crippen LogP contribution in [0.15, 0.2) is 53.1 Å². The molecule has 0 unspecified atom stereocenters. The summed E-state index contributed by atoms with van der Waals surface area (Å²) in [5.41, 5.74) is 3.22. The van der Waals surface area contributed by atoms with E-state index in [9.17, 15) is 9.59 Å². The molecule has 1 N–H and O–H groups in total. The zero-order valence-corrected chi connectivity index (χ0v) is 17.4. The summed E-state index contributed by atoms with van der Waals surface area (Å²) < 4.78 is 17.7. The second-order valence-electron chi connectivity index (χ2n) is 6.97. The Morgan fingerprint density at radius 1 is 1.13 bits per heavy atom. The van der Waals surface area contributed by atoms with Crippen LogP contribution in [0.3, 0.4) is 0 Å². The third kappa shape index (κ3) is 5.31. The molecule has 7 nitrogen and oxygen atoms in total. The highest BCUT2D eigenvalue weighted by atomic mass is 16.5. The van der Waals surface area contributed by atoms with Gasteiger partial charge in [0.25, 0.3) is 5.91 Å². The number of esters is 1. The summed E-state index contributed by atoms with van der Waals surface area (Å²) in [7, 11) is 1.62. The number of hydrogen-bond donors (Lipinski definition) is 1. The summed E-state index contributed by atoms with van der Waals surface area (Å²) in [6.07, 6.45) is 2.30. The number of amides is 1. The van der Waals surface area contributed by atoms with Gasteiger partial charge in [-0.1, -0.05) is 12.1 Å². The molecule has 3 aromatic rings. The fourth-order valence-electron chi connectivity index (χ4n) is 3.21. The summed E-state index contributed by atoms with van der Waals surface area (Å²) in [5.74, 6) is 0.742. The van der Waals surface area contributed by atoms with Crippen LogP contribution < -0.4 is 10.1 Å². The van der Waals surface area contributed by atoms with E-state index < -0.39 is 5.97 Å². The SMILES string of the molecule is COc1ccc(CCNC(=O)COC(=O)c2cc(C)n(Cc3ccco3)c2C)cc1. The zero-order chi connectivity index (χ0) is 21.5. The average molecular weight is 410 g/mol. The number of carbonyl (C=O) groups excluding carboxylic acids is 2. The molecular weight excluding hydrogens is 384 g/mol. The van der Waals surface area contributed by atoms with E-state index in [1.807, 2.05) is 54.8 Å². The lowest BCUT2D eigenvalue weighted by Gasteiger charge is -2.09. The molecule has 0 saturated carbocycles. The summed E-state index contributed by atoms with van der Waals surface area (Å²) >= 11 is 0. The Kier molecular flexibility index (Phi) is 6.95. The fourth-order valence-corrected chi connectivity index (χ4v) is 3.21. The standard InChI is InChI=1S/C23H26N2O5/c1-16-13-21(17(2)25(16)14-20-5-4-12-29-20)23(27)30-15-22(26)24-11-10-18-6-8-19(28-3)9-7-18/h4-9,12-13H,10-11,14-15H2,1-3H3,(H,24,26). The van der Waals surface area contributed by atoms with Crippen molar-refractivity contribution in [3.8, 4) is 5.75 Å². The maximum atomic E-state index is 12.4. The average Bonchev–Trinajstić information content (AvgIpc) is 3.36. The van der Waals surface area contributed by atoms with Gasteiger partial charge in [0.15, 0.2) is 6.61 Å². The molecule has 2 heterocycles. The molecule has 0 bridgehead atoms. The highest BCUT2D eigenvalue weighted by Gasteiger charge is 2.18. The Bertz CT molecular complexity index is 988. The van der Waals surface area contributed by atoms with Crippen molar-refractivity contribution in [3.05, 3.63) is 77.0 Å². The van der Waals surface area contributed by atoms with E-state index in [1.165, 1.54) is 0 Å². The van der Waals surface area contributed by atoms with E-state index in [1.54, 1.807) is 19.4 Å². The van der Waals surface area contributed by atoms with Gasteiger partial charge >= 0.3 is 5.97 Å². The maximum absolute atomic E-state index is 12.4. The minimum atomic E-state index is -0.515. The highest BCUT2D eigenvalue weighted by Crippen LogP contribution is 2.18. The van der Waals surface area contributed by atoms with Gasteiger partial charge in [-0.25, -0.2) is 4.79 Å². The largest absolute Gasteiger partial charge is 0.497 e. The van der Waals surface area contributed by atoms with Gasteiger partial charge in [-0.05, 0) is 56.2 Å². The lowest BCUT2D eigenvalue weighted by atomic mass is 10.1. The van der Waals surface area contributed by atoms with Gasteiger partial charge < -0.3 is 23.8 Å². The molecule has 2 aromatic heterocycles. The monoisotopic (exact) mass is 410 g/mol. The van der Waals surface area contributed by atoms with Crippen LogP contribution >= 0.6 is 0 Å². The van der Waals surface area contributed by atoms with Crippen molar-refractivity contribution in [3.63, 3.8) is 0 Å². The first-order chi connectivity index (χ1) is 14.5. The Balaban J connectivity index is 1.47. The van der Waals surface area contributed by atoms with E-state index >= 15 is 0 Å². The van der Waals surface area contributed by atoms with Gasteiger partial charge in [0.2, 0.25) is 0 Å². The van der Waals surface area contributed by atoms with Crippen LogP contribution in [0.1, 0.15) is 33.1 Å². The summed E-state index contributed by atoms with van der Waals surface area (Å²) in [4.78, 5) is 24.5. The molecule has 0 spiro atoms. The number of aromatic nitrogens is 1. The smallest absolute Gasteiger partial charge is 0.340 e. The van der Waals surface area contributed by atoms with Gasteiger partial charge in [-0.3, -0.25) is 4.79 Å². The van der Waals surface area contributed by atoms with Crippen molar-refractivity contribution >= 4 is 11.9 Å². The second-order valence-corrected chi connectivity index (χ2v) is 6.97. The van der Waals surface area contributed by atoms with Gasteiger partial charge in [-0.15, -0.1) is 0 Å². The first kappa shape index (κ1) is 21.2. The van der Waals surface area contributed by atoms with E-state index in [4.69, 9.17) is 13.9 Å². The second kappa shape index (κ2) is 9.82. The van der Waals surface area contributed by atoms with Crippen LogP contribution in [0.25, 0.3) is 0 Å². The summed E-state index contributed by atoms with van der Waals surface area (Å²) in [5, 5.41) is 2.76. The first-order valence-electron chi connectivity index (χ1n) is 9.73. The van der Waals surface area contributed by atoms with Crippen LogP contribution in [-0.4, -0.2) is 36.7 Å². The fraction of sp³-hybridized carbons (Fsp3) is 0.304. The number of ether oxygens (including phenoxy) is 2. The molecule has 0 aliphatic rings. The summed E-state index contributed by atoms with van der Waals surface area (Å²) in [6, 6.07) is 13.1. The van der Waals surface area contributed by atoms with Crippen molar-refractivity contribution in [2.24, 2.45) is 0 Å². The Morgan fingerprint density at radius 3 is 2.57 bits per heavy atom. The van der Waals surface area contributed by atoms with Crippen LogP contribution in [-0.2, 0) is 22.5 Å². The van der Waals surface area contributed by atoms with E-state index in [0.29, 0.717) is 25.1 Å². The molecule has 0 aliphatic heterocycles. The minimum absolute atomic E-state index is 0.316. The quantitative estimate of drug-likeness (QED) is 0.548. The molecule has 0 fully saturated rings. The van der Waals surface area contributed by atoms with Crippen molar-refractivity contribution in [1.82, 2.24) is 9.88 Å².